The topological polar surface area (TPSA) is 109 Å². The molecule has 0 fully saturated rings. The van der Waals surface area contributed by atoms with E-state index in [9.17, 15) is 23.5 Å². The van der Waals surface area contributed by atoms with Crippen molar-refractivity contribution >= 4 is 11.8 Å². The number of hydrogen-bond donors (Lipinski definition) is 3. The Balaban J connectivity index is 1.64. The number of nitrogens with zero attached hydrogens (tertiary/aromatic N) is 2. The first-order valence-corrected chi connectivity index (χ1v) is 16.3. The number of halogens is 2. The van der Waals surface area contributed by atoms with E-state index in [1.165, 1.54) is 12.1 Å². The van der Waals surface area contributed by atoms with Crippen molar-refractivity contribution in [1.29, 1.82) is 0 Å². The maximum Gasteiger partial charge on any atom is 0.249 e. The lowest BCUT2D eigenvalue weighted by molar-refractivity contribution is -0.132. The summed E-state index contributed by atoms with van der Waals surface area (Å²) in [4.78, 5) is 33.6. The Morgan fingerprint density at radius 3 is 2.36 bits per heavy atom. The Bertz CT molecular complexity index is 1610. The van der Waals surface area contributed by atoms with Crippen LogP contribution in [0.1, 0.15) is 56.7 Å². The molecule has 47 heavy (non-hydrogen) atoms. The molecule has 0 saturated carbocycles. The lowest BCUT2D eigenvalue weighted by Crippen LogP contribution is -2.51. The smallest absolute Gasteiger partial charge is 0.249 e. The van der Waals surface area contributed by atoms with Crippen LogP contribution in [0.5, 0.6) is 0 Å². The van der Waals surface area contributed by atoms with Crippen LogP contribution in [-0.4, -0.2) is 52.5 Å². The average Bonchev–Trinajstić information content (AvgIpc) is 3.02. The lowest BCUT2D eigenvalue weighted by atomic mass is 9.63. The van der Waals surface area contributed by atoms with E-state index in [-0.39, 0.29) is 30.9 Å². The van der Waals surface area contributed by atoms with Gasteiger partial charge in [0.15, 0.2) is 0 Å². The molecule has 1 aliphatic carbocycles. The van der Waals surface area contributed by atoms with Crippen LogP contribution in [0, 0.1) is 29.9 Å². The van der Waals surface area contributed by atoms with Crippen LogP contribution >= 0.6 is 0 Å². The number of benzene rings is 2. The number of allylic oxidation sites excluding steroid dienone is 2. The number of aryl methyl sites for hydroxylation is 1. The number of carbonyl (C=O) groups excluding carboxylic acids is 2. The summed E-state index contributed by atoms with van der Waals surface area (Å²) in [5.41, 5.74) is 9.88. The number of aliphatic hydroxyl groups excluding tert-OH is 1. The highest BCUT2D eigenvalue weighted by Crippen LogP contribution is 2.44. The molecule has 1 heterocycles. The fourth-order valence-corrected chi connectivity index (χ4v) is 6.68. The van der Waals surface area contributed by atoms with Gasteiger partial charge in [0, 0.05) is 55.5 Å². The number of nitrogens with two attached hydrogens (primary N) is 1. The summed E-state index contributed by atoms with van der Waals surface area (Å²) in [6.45, 7) is 9.38. The van der Waals surface area contributed by atoms with Crippen LogP contribution in [0.3, 0.4) is 0 Å². The van der Waals surface area contributed by atoms with Crippen molar-refractivity contribution in [1.82, 2.24) is 15.2 Å². The molecule has 3 atom stereocenters. The van der Waals surface area contributed by atoms with Crippen LogP contribution in [0.15, 0.2) is 84.1 Å². The second-order valence-electron chi connectivity index (χ2n) is 12.6. The van der Waals surface area contributed by atoms with Gasteiger partial charge in [-0.3, -0.25) is 14.6 Å². The maximum absolute atomic E-state index is 14.3. The van der Waals surface area contributed by atoms with Gasteiger partial charge in [0.2, 0.25) is 11.8 Å². The molecule has 4 N–H and O–H groups in total. The quantitative estimate of drug-likeness (QED) is 0.187. The zero-order valence-corrected chi connectivity index (χ0v) is 27.7. The molecule has 0 saturated heterocycles. The third-order valence-corrected chi connectivity index (χ3v) is 8.77. The van der Waals surface area contributed by atoms with Crippen molar-refractivity contribution in [3.05, 3.63) is 112 Å². The summed E-state index contributed by atoms with van der Waals surface area (Å²) >= 11 is 0. The molecular weight excluding hydrogens is 598 g/mol. The van der Waals surface area contributed by atoms with Crippen molar-refractivity contribution in [3.63, 3.8) is 0 Å². The molecular formula is C38H46F2N4O3. The number of hydrogen-bond acceptors (Lipinski definition) is 5. The number of pyridine rings is 1. The summed E-state index contributed by atoms with van der Waals surface area (Å²) in [6, 6.07) is 15.0. The second-order valence-corrected chi connectivity index (χ2v) is 12.6. The van der Waals surface area contributed by atoms with Gasteiger partial charge >= 0.3 is 0 Å². The number of carbonyl (C=O) groups is 2. The lowest BCUT2D eigenvalue weighted by Gasteiger charge is -2.42. The maximum atomic E-state index is 14.3. The van der Waals surface area contributed by atoms with Crippen molar-refractivity contribution in [2.45, 2.75) is 66.0 Å². The normalized spacial score (nSPS) is 17.4. The fraction of sp³-hybridized carbons (Fsp3) is 0.395. The fourth-order valence-electron chi connectivity index (χ4n) is 6.68. The third kappa shape index (κ3) is 8.78. The van der Waals surface area contributed by atoms with Crippen LogP contribution in [0.25, 0.3) is 11.3 Å². The molecule has 9 heteroatoms. The molecule has 0 bridgehead atoms. The molecule has 7 nitrogen and oxygen atoms in total. The summed E-state index contributed by atoms with van der Waals surface area (Å²) < 4.78 is 28.7. The van der Waals surface area contributed by atoms with Gasteiger partial charge in [-0.2, -0.15) is 0 Å². The number of primary amides is 1. The number of aromatic nitrogens is 1. The van der Waals surface area contributed by atoms with E-state index in [1.807, 2.05) is 57.2 Å². The number of amides is 2. The van der Waals surface area contributed by atoms with E-state index >= 15 is 0 Å². The molecule has 250 valence electrons. The molecule has 4 rings (SSSR count). The van der Waals surface area contributed by atoms with E-state index < -0.39 is 35.0 Å². The monoisotopic (exact) mass is 644 g/mol. The molecule has 2 aromatic carbocycles. The number of nitrogens with one attached hydrogen (secondary N) is 1. The summed E-state index contributed by atoms with van der Waals surface area (Å²) in [7, 11) is 0. The minimum Gasteiger partial charge on any atom is -0.391 e. The molecule has 0 radical (unpaired) electrons. The van der Waals surface area contributed by atoms with E-state index in [0.29, 0.717) is 30.8 Å². The molecule has 0 spiro atoms. The number of aliphatic hydroxyl groups is 1. The average molecular weight is 645 g/mol. The van der Waals surface area contributed by atoms with Gasteiger partial charge in [0.25, 0.3) is 0 Å². The summed E-state index contributed by atoms with van der Waals surface area (Å²) in [6.07, 6.45) is 5.52. The van der Waals surface area contributed by atoms with Crippen molar-refractivity contribution in [2.75, 3.05) is 19.6 Å². The third-order valence-electron chi connectivity index (χ3n) is 8.77. The van der Waals surface area contributed by atoms with Gasteiger partial charge in [-0.25, -0.2) is 8.78 Å². The zero-order valence-electron chi connectivity index (χ0n) is 27.7. The van der Waals surface area contributed by atoms with Crippen molar-refractivity contribution in [2.24, 2.45) is 17.1 Å². The van der Waals surface area contributed by atoms with Gasteiger partial charge in [0.1, 0.15) is 11.6 Å². The molecule has 2 amide bonds. The van der Waals surface area contributed by atoms with Gasteiger partial charge in [0.05, 0.1) is 17.2 Å². The van der Waals surface area contributed by atoms with E-state index in [2.05, 4.69) is 10.3 Å². The molecule has 0 aliphatic heterocycles. The van der Waals surface area contributed by atoms with Gasteiger partial charge in [-0.15, -0.1) is 0 Å². The van der Waals surface area contributed by atoms with E-state index in [1.54, 1.807) is 30.2 Å². The van der Waals surface area contributed by atoms with Crippen molar-refractivity contribution in [3.8, 4) is 11.3 Å². The Morgan fingerprint density at radius 1 is 1.02 bits per heavy atom. The minimum atomic E-state index is -1.49. The first-order valence-electron chi connectivity index (χ1n) is 16.3. The Morgan fingerprint density at radius 2 is 1.72 bits per heavy atom. The highest BCUT2D eigenvalue weighted by molar-refractivity contribution is 5.97. The summed E-state index contributed by atoms with van der Waals surface area (Å²) in [5.74, 6) is -3.33. The first-order chi connectivity index (χ1) is 22.5. The first kappa shape index (κ1) is 35.6. The zero-order chi connectivity index (χ0) is 34.1. The SMILES string of the molecule is CCCN(CCC)C(=O)C1=CC(C)=CC(C(N)=O)([C@H](Cc2cc(F)cc(F)c2)[C@@H](O)CNCc2cccc(-c3ncccc3C)c2)C1. The van der Waals surface area contributed by atoms with Crippen molar-refractivity contribution < 1.29 is 23.5 Å². The standard InChI is InChI=1S/C38H46F2N4O3/c1-5-13-44(14-6-2)36(46)30-15-25(3)21-38(22-30,37(41)47)33(19-28-17-31(39)20-32(40)18-28)34(45)24-42-23-27-10-7-11-29(16-27)35-26(4)9-8-12-43-35/h7-12,15-18,20-21,33-34,42,45H,5-6,13-14,19,22-24H2,1-4H3,(H2,41,47)/t33-,34+,38?/m1/s1. The largest absolute Gasteiger partial charge is 0.391 e. The van der Waals surface area contributed by atoms with Crippen LogP contribution in [0.2, 0.25) is 0 Å². The summed E-state index contributed by atoms with van der Waals surface area (Å²) in [5, 5.41) is 15.1. The predicted molar refractivity (Wildman–Crippen MR) is 181 cm³/mol. The predicted octanol–water partition coefficient (Wildman–Crippen LogP) is 6.04. The number of rotatable bonds is 15. The Kier molecular flexibility index (Phi) is 12.2. The van der Waals surface area contributed by atoms with Gasteiger partial charge < -0.3 is 21.1 Å². The van der Waals surface area contributed by atoms with Gasteiger partial charge in [-0.1, -0.05) is 55.8 Å². The molecule has 1 aliphatic rings. The minimum absolute atomic E-state index is 0.0343. The van der Waals surface area contributed by atoms with E-state index in [4.69, 9.17) is 5.73 Å². The van der Waals surface area contributed by atoms with Crippen LogP contribution in [-0.2, 0) is 22.6 Å². The Hall–Kier alpha value is -4.21. The molecule has 3 aromatic rings. The molecule has 1 unspecified atom stereocenters. The Labute approximate surface area is 276 Å². The highest BCUT2D eigenvalue weighted by atomic mass is 19.1. The van der Waals surface area contributed by atoms with Crippen LogP contribution < -0.4 is 11.1 Å². The highest BCUT2D eigenvalue weighted by Gasteiger charge is 2.48. The van der Waals surface area contributed by atoms with Crippen LogP contribution in [0.4, 0.5) is 8.78 Å². The van der Waals surface area contributed by atoms with Gasteiger partial charge in [-0.05, 0) is 80.5 Å². The molecule has 1 aromatic heterocycles. The second kappa shape index (κ2) is 16.1. The van der Waals surface area contributed by atoms with E-state index in [0.717, 1.165) is 41.3 Å².